The third kappa shape index (κ3) is 3.16. The molecule has 0 amide bonds. The number of aromatic nitrogens is 2. The Labute approximate surface area is 140 Å². The summed E-state index contributed by atoms with van der Waals surface area (Å²) in [6.45, 7) is 4.69. The van der Waals surface area contributed by atoms with E-state index in [1.165, 1.54) is 17.9 Å². The molecule has 0 radical (unpaired) electrons. The van der Waals surface area contributed by atoms with Gasteiger partial charge in [0.15, 0.2) is 0 Å². The lowest BCUT2D eigenvalue weighted by Gasteiger charge is -2.43. The summed E-state index contributed by atoms with van der Waals surface area (Å²) >= 11 is 2.05. The van der Waals surface area contributed by atoms with Crippen molar-refractivity contribution in [2.45, 2.75) is 12.0 Å². The second-order valence-electron chi connectivity index (χ2n) is 6.22. The Morgan fingerprint density at radius 3 is 2.83 bits per heavy atom. The van der Waals surface area contributed by atoms with Crippen molar-refractivity contribution in [2.24, 2.45) is 0 Å². The van der Waals surface area contributed by atoms with Gasteiger partial charge >= 0.3 is 0 Å². The normalized spacial score (nSPS) is 25.7. The van der Waals surface area contributed by atoms with Gasteiger partial charge in [-0.25, -0.2) is 4.98 Å². The van der Waals surface area contributed by atoms with Crippen LogP contribution < -0.4 is 5.32 Å². The number of rotatable bonds is 4. The number of nitrogens with zero attached hydrogens (tertiary/aromatic N) is 3. The summed E-state index contributed by atoms with van der Waals surface area (Å²) in [6.07, 6.45) is 3.07. The van der Waals surface area contributed by atoms with E-state index < -0.39 is 0 Å². The molecule has 1 N–H and O–H groups in total. The molecule has 0 spiro atoms. The van der Waals surface area contributed by atoms with Crippen molar-refractivity contribution in [1.29, 1.82) is 0 Å². The van der Waals surface area contributed by atoms with Gasteiger partial charge in [0.1, 0.15) is 5.82 Å². The standard InChI is InChI=1S/C17H22N4OS/c1-2-4-15-14(3-1)18-11-16(20-15)19-12-17(5-10-23-13-17)21-6-8-22-9-7-21/h1-4,11H,5-10,12-13H2,(H,19,20)/t17-/m1/s1. The fourth-order valence-corrected chi connectivity index (χ4v) is 4.91. The van der Waals surface area contributed by atoms with Crippen LogP contribution in [0, 0.1) is 0 Å². The van der Waals surface area contributed by atoms with Gasteiger partial charge in [-0.05, 0) is 24.3 Å². The fourth-order valence-electron chi connectivity index (χ4n) is 3.43. The predicted octanol–water partition coefficient (Wildman–Crippen LogP) is 2.25. The molecule has 2 aliphatic rings. The molecule has 1 atom stereocenters. The van der Waals surface area contributed by atoms with Crippen LogP contribution in [0.2, 0.25) is 0 Å². The first-order chi connectivity index (χ1) is 11.4. The first-order valence-corrected chi connectivity index (χ1v) is 9.37. The predicted molar refractivity (Wildman–Crippen MR) is 95.1 cm³/mol. The van der Waals surface area contributed by atoms with E-state index in [-0.39, 0.29) is 5.54 Å². The van der Waals surface area contributed by atoms with E-state index in [9.17, 15) is 0 Å². The average molecular weight is 330 g/mol. The van der Waals surface area contributed by atoms with Gasteiger partial charge in [-0.1, -0.05) is 12.1 Å². The zero-order chi connectivity index (χ0) is 15.5. The fraction of sp³-hybridized carbons (Fsp3) is 0.529. The number of para-hydroxylation sites is 2. The van der Waals surface area contributed by atoms with Crippen molar-refractivity contribution >= 4 is 28.6 Å². The Bertz CT molecular complexity index is 668. The Kier molecular flexibility index (Phi) is 4.37. The SMILES string of the molecule is c1ccc2nc(NC[C@]3(N4CCOCC4)CCSC3)cnc2c1. The van der Waals surface area contributed by atoms with Crippen molar-refractivity contribution in [3.8, 4) is 0 Å². The summed E-state index contributed by atoms with van der Waals surface area (Å²) in [5.74, 6) is 3.29. The maximum Gasteiger partial charge on any atom is 0.145 e. The first-order valence-electron chi connectivity index (χ1n) is 8.22. The molecule has 2 aromatic rings. The summed E-state index contributed by atoms with van der Waals surface area (Å²) in [5.41, 5.74) is 2.11. The molecule has 122 valence electrons. The van der Waals surface area contributed by atoms with E-state index in [1.807, 2.05) is 30.5 Å². The number of thioether (sulfide) groups is 1. The molecule has 0 saturated carbocycles. The van der Waals surface area contributed by atoms with Crippen LogP contribution >= 0.6 is 11.8 Å². The number of nitrogens with one attached hydrogen (secondary N) is 1. The minimum Gasteiger partial charge on any atom is -0.379 e. The van der Waals surface area contributed by atoms with E-state index in [0.717, 1.165) is 49.7 Å². The van der Waals surface area contributed by atoms with Crippen LogP contribution in [0.15, 0.2) is 30.5 Å². The molecule has 5 nitrogen and oxygen atoms in total. The van der Waals surface area contributed by atoms with Gasteiger partial charge in [0, 0.05) is 30.9 Å². The van der Waals surface area contributed by atoms with Gasteiger partial charge < -0.3 is 10.1 Å². The summed E-state index contributed by atoms with van der Waals surface area (Å²) in [4.78, 5) is 11.8. The zero-order valence-corrected chi connectivity index (χ0v) is 14.0. The van der Waals surface area contributed by atoms with E-state index in [2.05, 4.69) is 31.9 Å². The van der Waals surface area contributed by atoms with Crippen LogP contribution in [-0.2, 0) is 4.74 Å². The topological polar surface area (TPSA) is 50.3 Å². The lowest BCUT2D eigenvalue weighted by atomic mass is 9.95. The number of hydrogen-bond acceptors (Lipinski definition) is 6. The van der Waals surface area contributed by atoms with Crippen molar-refractivity contribution < 1.29 is 4.74 Å². The average Bonchev–Trinajstić information content (AvgIpc) is 3.11. The van der Waals surface area contributed by atoms with Crippen LogP contribution in [0.5, 0.6) is 0 Å². The molecular weight excluding hydrogens is 308 g/mol. The lowest BCUT2D eigenvalue weighted by molar-refractivity contribution is -0.00922. The molecule has 3 heterocycles. The molecule has 6 heteroatoms. The van der Waals surface area contributed by atoms with Crippen LogP contribution in [0.1, 0.15) is 6.42 Å². The third-order valence-corrected chi connectivity index (χ3v) is 6.05. The highest BCUT2D eigenvalue weighted by atomic mass is 32.2. The highest BCUT2D eigenvalue weighted by Gasteiger charge is 2.40. The molecule has 0 aliphatic carbocycles. The van der Waals surface area contributed by atoms with Gasteiger partial charge in [0.25, 0.3) is 0 Å². The lowest BCUT2D eigenvalue weighted by Crippen LogP contribution is -2.57. The summed E-state index contributed by atoms with van der Waals surface area (Å²) < 4.78 is 5.52. The number of hydrogen-bond donors (Lipinski definition) is 1. The molecule has 1 aromatic heterocycles. The summed E-state index contributed by atoms with van der Waals surface area (Å²) in [6, 6.07) is 8.00. The van der Waals surface area contributed by atoms with Crippen molar-refractivity contribution in [3.63, 3.8) is 0 Å². The number of morpholine rings is 1. The number of anilines is 1. The highest BCUT2D eigenvalue weighted by molar-refractivity contribution is 7.99. The smallest absolute Gasteiger partial charge is 0.145 e. The molecule has 2 saturated heterocycles. The highest BCUT2D eigenvalue weighted by Crippen LogP contribution is 2.34. The van der Waals surface area contributed by atoms with E-state index in [4.69, 9.17) is 4.74 Å². The van der Waals surface area contributed by atoms with Gasteiger partial charge in [-0.3, -0.25) is 9.88 Å². The number of fused-ring (bicyclic) bond motifs is 1. The van der Waals surface area contributed by atoms with Crippen LogP contribution in [-0.4, -0.2) is 64.8 Å². The molecule has 2 aliphatic heterocycles. The maximum atomic E-state index is 5.52. The van der Waals surface area contributed by atoms with Crippen molar-refractivity contribution in [2.75, 3.05) is 49.7 Å². The molecular formula is C17H22N4OS. The third-order valence-electron chi connectivity index (χ3n) is 4.81. The Balaban J connectivity index is 1.50. The number of benzene rings is 1. The van der Waals surface area contributed by atoms with Crippen molar-refractivity contribution in [1.82, 2.24) is 14.9 Å². The Morgan fingerprint density at radius 2 is 2.04 bits per heavy atom. The second-order valence-corrected chi connectivity index (χ2v) is 7.33. The van der Waals surface area contributed by atoms with Crippen molar-refractivity contribution in [3.05, 3.63) is 30.5 Å². The first kappa shape index (κ1) is 15.2. The van der Waals surface area contributed by atoms with Gasteiger partial charge in [0.2, 0.25) is 0 Å². The van der Waals surface area contributed by atoms with Gasteiger partial charge in [0.05, 0.1) is 30.4 Å². The van der Waals surface area contributed by atoms with E-state index in [0.29, 0.717) is 0 Å². The molecule has 2 fully saturated rings. The molecule has 0 unspecified atom stereocenters. The molecule has 23 heavy (non-hydrogen) atoms. The van der Waals surface area contributed by atoms with E-state index >= 15 is 0 Å². The second kappa shape index (κ2) is 6.63. The zero-order valence-electron chi connectivity index (χ0n) is 13.2. The number of ether oxygens (including phenoxy) is 1. The quantitative estimate of drug-likeness (QED) is 0.928. The minimum absolute atomic E-state index is 0.224. The summed E-state index contributed by atoms with van der Waals surface area (Å²) in [7, 11) is 0. The van der Waals surface area contributed by atoms with Crippen LogP contribution in [0.3, 0.4) is 0 Å². The monoisotopic (exact) mass is 330 g/mol. The van der Waals surface area contributed by atoms with Crippen LogP contribution in [0.4, 0.5) is 5.82 Å². The molecule has 0 bridgehead atoms. The van der Waals surface area contributed by atoms with Crippen LogP contribution in [0.25, 0.3) is 11.0 Å². The van der Waals surface area contributed by atoms with E-state index in [1.54, 1.807) is 0 Å². The Morgan fingerprint density at radius 1 is 1.22 bits per heavy atom. The minimum atomic E-state index is 0.224. The molecule has 4 rings (SSSR count). The molecule has 1 aromatic carbocycles. The summed E-state index contributed by atoms with van der Waals surface area (Å²) in [5, 5.41) is 3.55. The van der Waals surface area contributed by atoms with Gasteiger partial charge in [-0.2, -0.15) is 11.8 Å². The van der Waals surface area contributed by atoms with Gasteiger partial charge in [-0.15, -0.1) is 0 Å². The largest absolute Gasteiger partial charge is 0.379 e. The Hall–Kier alpha value is -1.37. The maximum absolute atomic E-state index is 5.52.